The van der Waals surface area contributed by atoms with E-state index in [-0.39, 0.29) is 0 Å². The summed E-state index contributed by atoms with van der Waals surface area (Å²) in [7, 11) is 0. The summed E-state index contributed by atoms with van der Waals surface area (Å²) >= 11 is 0. The van der Waals surface area contributed by atoms with Gasteiger partial charge in [0, 0.05) is 6.54 Å². The van der Waals surface area contributed by atoms with Gasteiger partial charge in [-0.25, -0.2) is 0 Å². The van der Waals surface area contributed by atoms with Crippen molar-refractivity contribution in [2.75, 3.05) is 26.3 Å². The predicted octanol–water partition coefficient (Wildman–Crippen LogP) is 3.00. The van der Waals surface area contributed by atoms with Gasteiger partial charge in [-0.05, 0) is 37.2 Å². The Morgan fingerprint density at radius 1 is 0.864 bits per heavy atom. The van der Waals surface area contributed by atoms with Gasteiger partial charge in [0.1, 0.15) is 24.2 Å². The Morgan fingerprint density at radius 2 is 1.64 bits per heavy atom. The van der Waals surface area contributed by atoms with Crippen LogP contribution in [0.25, 0.3) is 0 Å². The number of hydrogen-bond acceptors (Lipinski definition) is 4. The van der Waals surface area contributed by atoms with E-state index < -0.39 is 0 Å². The van der Waals surface area contributed by atoms with Crippen molar-refractivity contribution in [1.29, 1.82) is 5.26 Å². The van der Waals surface area contributed by atoms with E-state index in [1.54, 1.807) is 6.07 Å². The lowest BCUT2D eigenvalue weighted by Crippen LogP contribution is -2.23. The smallest absolute Gasteiger partial charge is 0.137 e. The van der Waals surface area contributed by atoms with Crippen molar-refractivity contribution in [1.82, 2.24) is 5.32 Å². The van der Waals surface area contributed by atoms with Crippen LogP contribution in [0.3, 0.4) is 0 Å². The highest BCUT2D eigenvalue weighted by Crippen LogP contribution is 2.15. The number of nitrogens with one attached hydrogen (secondary N) is 1. The van der Waals surface area contributed by atoms with Crippen LogP contribution in [-0.2, 0) is 0 Å². The number of ether oxygens (including phenoxy) is 2. The first-order chi connectivity index (χ1) is 10.9. The lowest BCUT2D eigenvalue weighted by molar-refractivity contribution is 0.294. The summed E-state index contributed by atoms with van der Waals surface area (Å²) in [6.07, 6.45) is 0.934. The molecule has 0 atom stereocenters. The molecule has 0 bridgehead atoms. The Morgan fingerprint density at radius 3 is 2.45 bits per heavy atom. The van der Waals surface area contributed by atoms with Crippen molar-refractivity contribution >= 4 is 0 Å². The first kappa shape index (κ1) is 15.9. The van der Waals surface area contributed by atoms with Crippen LogP contribution in [0.4, 0.5) is 0 Å². The number of nitriles is 1. The third-order valence-electron chi connectivity index (χ3n) is 3.05. The maximum absolute atomic E-state index is 8.95. The second-order valence-corrected chi connectivity index (χ2v) is 4.72. The van der Waals surface area contributed by atoms with Gasteiger partial charge >= 0.3 is 0 Å². The molecular formula is C18H20N2O2. The zero-order valence-corrected chi connectivity index (χ0v) is 12.5. The minimum atomic E-state index is 0.540. The van der Waals surface area contributed by atoms with E-state index in [0.717, 1.165) is 25.3 Å². The molecule has 2 aromatic carbocycles. The Balaban J connectivity index is 1.52. The van der Waals surface area contributed by atoms with Crippen molar-refractivity contribution in [3.63, 3.8) is 0 Å². The normalized spacial score (nSPS) is 9.95. The van der Waals surface area contributed by atoms with Crippen molar-refractivity contribution < 1.29 is 9.47 Å². The molecule has 0 heterocycles. The molecule has 0 saturated heterocycles. The maximum atomic E-state index is 8.95. The average molecular weight is 296 g/mol. The Kier molecular flexibility index (Phi) is 6.80. The van der Waals surface area contributed by atoms with Crippen LogP contribution >= 0.6 is 0 Å². The molecule has 4 nitrogen and oxygen atoms in total. The van der Waals surface area contributed by atoms with E-state index >= 15 is 0 Å². The lowest BCUT2D eigenvalue weighted by atomic mass is 10.2. The maximum Gasteiger partial charge on any atom is 0.137 e. The standard InChI is InChI=1S/C18H20N2O2/c19-15-16-7-4-5-10-18(16)22-14-12-20-11-6-13-21-17-8-2-1-3-9-17/h1-5,7-10,20H,6,11-14H2. The van der Waals surface area contributed by atoms with Crippen LogP contribution in [0, 0.1) is 11.3 Å². The Labute approximate surface area is 131 Å². The van der Waals surface area contributed by atoms with Crippen molar-refractivity contribution in [2.45, 2.75) is 6.42 Å². The molecule has 0 aliphatic carbocycles. The fraction of sp³-hybridized carbons (Fsp3) is 0.278. The van der Waals surface area contributed by atoms with Gasteiger partial charge in [0.25, 0.3) is 0 Å². The molecule has 1 N–H and O–H groups in total. The summed E-state index contributed by atoms with van der Waals surface area (Å²) < 4.78 is 11.2. The Hall–Kier alpha value is -2.51. The van der Waals surface area contributed by atoms with Gasteiger partial charge < -0.3 is 14.8 Å². The molecule has 0 aromatic heterocycles. The number of para-hydroxylation sites is 2. The Bertz CT molecular complexity index is 594. The summed E-state index contributed by atoms with van der Waals surface area (Å²) in [4.78, 5) is 0. The van der Waals surface area contributed by atoms with E-state index in [9.17, 15) is 0 Å². The van der Waals surface area contributed by atoms with Crippen molar-refractivity contribution in [3.05, 3.63) is 60.2 Å². The quantitative estimate of drug-likeness (QED) is 0.723. The summed E-state index contributed by atoms with van der Waals surface area (Å²) in [5.74, 6) is 1.54. The van der Waals surface area contributed by atoms with E-state index in [1.807, 2.05) is 48.5 Å². The van der Waals surface area contributed by atoms with E-state index in [1.165, 1.54) is 0 Å². The summed E-state index contributed by atoms with van der Waals surface area (Å²) in [6.45, 7) is 2.84. The third kappa shape index (κ3) is 5.47. The van der Waals surface area contributed by atoms with Gasteiger partial charge in [-0.1, -0.05) is 30.3 Å². The summed E-state index contributed by atoms with van der Waals surface area (Å²) in [6, 6.07) is 19.2. The molecule has 0 saturated carbocycles. The molecule has 0 amide bonds. The van der Waals surface area contributed by atoms with Crippen LogP contribution in [0.1, 0.15) is 12.0 Å². The van der Waals surface area contributed by atoms with Gasteiger partial charge in [-0.15, -0.1) is 0 Å². The number of nitrogens with zero attached hydrogens (tertiary/aromatic N) is 1. The zero-order valence-electron chi connectivity index (χ0n) is 12.5. The molecule has 0 radical (unpaired) electrons. The molecule has 0 fully saturated rings. The van der Waals surface area contributed by atoms with Gasteiger partial charge in [-0.3, -0.25) is 0 Å². The van der Waals surface area contributed by atoms with Crippen LogP contribution < -0.4 is 14.8 Å². The van der Waals surface area contributed by atoms with Gasteiger partial charge in [-0.2, -0.15) is 5.26 Å². The van der Waals surface area contributed by atoms with Crippen LogP contribution in [0.2, 0.25) is 0 Å². The second-order valence-electron chi connectivity index (χ2n) is 4.72. The molecule has 2 aromatic rings. The van der Waals surface area contributed by atoms with Gasteiger partial charge in [0.2, 0.25) is 0 Å². The molecule has 0 spiro atoms. The summed E-state index contributed by atoms with van der Waals surface area (Å²) in [5.41, 5.74) is 0.568. The first-order valence-electron chi connectivity index (χ1n) is 7.40. The zero-order chi connectivity index (χ0) is 15.5. The highest BCUT2D eigenvalue weighted by Gasteiger charge is 2.00. The largest absolute Gasteiger partial charge is 0.494 e. The van der Waals surface area contributed by atoms with Gasteiger partial charge in [0.15, 0.2) is 0 Å². The van der Waals surface area contributed by atoms with Crippen molar-refractivity contribution in [2.24, 2.45) is 0 Å². The highest BCUT2D eigenvalue weighted by atomic mass is 16.5. The molecule has 0 aliphatic rings. The van der Waals surface area contributed by atoms with Crippen LogP contribution in [0.15, 0.2) is 54.6 Å². The first-order valence-corrected chi connectivity index (χ1v) is 7.40. The van der Waals surface area contributed by atoms with Crippen molar-refractivity contribution in [3.8, 4) is 17.6 Å². The topological polar surface area (TPSA) is 54.3 Å². The van der Waals surface area contributed by atoms with E-state index in [0.29, 0.717) is 24.5 Å². The second kappa shape index (κ2) is 9.43. The SMILES string of the molecule is N#Cc1ccccc1OCCNCCCOc1ccccc1. The molecule has 2 rings (SSSR count). The number of hydrogen-bond donors (Lipinski definition) is 1. The van der Waals surface area contributed by atoms with Crippen LogP contribution in [0.5, 0.6) is 11.5 Å². The van der Waals surface area contributed by atoms with Crippen LogP contribution in [-0.4, -0.2) is 26.3 Å². The predicted molar refractivity (Wildman–Crippen MR) is 86.1 cm³/mol. The van der Waals surface area contributed by atoms with E-state index in [4.69, 9.17) is 14.7 Å². The molecular weight excluding hydrogens is 276 g/mol. The summed E-state index contributed by atoms with van der Waals surface area (Å²) in [5, 5.41) is 12.2. The average Bonchev–Trinajstić information content (AvgIpc) is 2.58. The minimum Gasteiger partial charge on any atom is -0.494 e. The molecule has 114 valence electrons. The number of benzene rings is 2. The molecule has 4 heteroatoms. The monoisotopic (exact) mass is 296 g/mol. The third-order valence-corrected chi connectivity index (χ3v) is 3.05. The fourth-order valence-electron chi connectivity index (χ4n) is 1.95. The lowest BCUT2D eigenvalue weighted by Gasteiger charge is -2.09. The minimum absolute atomic E-state index is 0.540. The molecule has 0 unspecified atom stereocenters. The highest BCUT2D eigenvalue weighted by molar-refractivity contribution is 5.42. The molecule has 0 aliphatic heterocycles. The van der Waals surface area contributed by atoms with E-state index in [2.05, 4.69) is 11.4 Å². The molecule has 22 heavy (non-hydrogen) atoms. The van der Waals surface area contributed by atoms with Gasteiger partial charge in [0.05, 0.1) is 12.2 Å². The number of rotatable bonds is 9. The fourth-order valence-corrected chi connectivity index (χ4v) is 1.95.